The van der Waals surface area contributed by atoms with E-state index in [1.165, 1.54) is 0 Å². The van der Waals surface area contributed by atoms with Gasteiger partial charge >= 0.3 is 5.97 Å². The first-order valence-electron chi connectivity index (χ1n) is 5.31. The third-order valence-electron chi connectivity index (χ3n) is 2.78. The Labute approximate surface area is 90.2 Å². The number of carboxylic acid groups (broad SMARTS) is 1. The number of aliphatic hydroxyl groups is 1. The molecule has 1 atom stereocenters. The molecule has 0 saturated carbocycles. The highest BCUT2D eigenvalue weighted by Gasteiger charge is 2.30. The maximum absolute atomic E-state index is 10.7. The molecule has 1 aliphatic heterocycles. The summed E-state index contributed by atoms with van der Waals surface area (Å²) < 4.78 is 0. The Morgan fingerprint density at radius 3 is 2.67 bits per heavy atom. The van der Waals surface area contributed by atoms with Gasteiger partial charge in [0.25, 0.3) is 0 Å². The standard InChI is InChI=1S/C11H19NO3/c1-3-9(10(13)14)4-6-12-7-5-11(2,15)8-12/h4,15H,3,5-8H2,1-2H3,(H,13,14). The van der Waals surface area contributed by atoms with Gasteiger partial charge in [-0.15, -0.1) is 0 Å². The first kappa shape index (κ1) is 12.2. The molecule has 0 aromatic carbocycles. The van der Waals surface area contributed by atoms with E-state index >= 15 is 0 Å². The molecule has 1 heterocycles. The van der Waals surface area contributed by atoms with Gasteiger partial charge in [0.2, 0.25) is 0 Å². The van der Waals surface area contributed by atoms with Gasteiger partial charge in [-0.2, -0.15) is 0 Å². The van der Waals surface area contributed by atoms with Crippen molar-refractivity contribution in [2.24, 2.45) is 0 Å². The first-order valence-corrected chi connectivity index (χ1v) is 5.31. The van der Waals surface area contributed by atoms with Crippen LogP contribution in [0.25, 0.3) is 0 Å². The lowest BCUT2D eigenvalue weighted by Gasteiger charge is -2.17. The van der Waals surface area contributed by atoms with E-state index in [2.05, 4.69) is 4.90 Å². The van der Waals surface area contributed by atoms with Gasteiger partial charge in [-0.05, 0) is 19.8 Å². The van der Waals surface area contributed by atoms with Crippen LogP contribution in [-0.4, -0.2) is 46.3 Å². The smallest absolute Gasteiger partial charge is 0.331 e. The van der Waals surface area contributed by atoms with E-state index in [0.717, 1.165) is 13.0 Å². The van der Waals surface area contributed by atoms with Crippen LogP contribution in [-0.2, 0) is 4.79 Å². The van der Waals surface area contributed by atoms with Crippen molar-refractivity contribution in [1.29, 1.82) is 0 Å². The molecule has 1 rings (SSSR count). The number of nitrogens with zero attached hydrogens (tertiary/aromatic N) is 1. The second-order valence-corrected chi connectivity index (χ2v) is 4.37. The zero-order valence-electron chi connectivity index (χ0n) is 9.36. The van der Waals surface area contributed by atoms with E-state index in [-0.39, 0.29) is 0 Å². The van der Waals surface area contributed by atoms with Gasteiger partial charge in [-0.3, -0.25) is 4.90 Å². The lowest BCUT2D eigenvalue weighted by atomic mass is 10.1. The molecule has 0 radical (unpaired) electrons. The average molecular weight is 213 g/mol. The zero-order valence-corrected chi connectivity index (χ0v) is 9.36. The Balaban J connectivity index is 2.47. The van der Waals surface area contributed by atoms with Crippen LogP contribution in [0.1, 0.15) is 26.7 Å². The highest BCUT2D eigenvalue weighted by Crippen LogP contribution is 2.19. The molecule has 1 unspecified atom stereocenters. The minimum Gasteiger partial charge on any atom is -0.478 e. The van der Waals surface area contributed by atoms with E-state index in [1.54, 1.807) is 6.08 Å². The van der Waals surface area contributed by atoms with Crippen molar-refractivity contribution in [3.05, 3.63) is 11.6 Å². The summed E-state index contributed by atoms with van der Waals surface area (Å²) in [7, 11) is 0. The van der Waals surface area contributed by atoms with Gasteiger partial charge in [-0.1, -0.05) is 13.0 Å². The number of likely N-dealkylation sites (tertiary alicyclic amines) is 1. The van der Waals surface area contributed by atoms with Crippen LogP contribution in [0.15, 0.2) is 11.6 Å². The van der Waals surface area contributed by atoms with Crippen LogP contribution >= 0.6 is 0 Å². The van der Waals surface area contributed by atoms with Crippen molar-refractivity contribution < 1.29 is 15.0 Å². The molecule has 0 spiro atoms. The van der Waals surface area contributed by atoms with Gasteiger partial charge in [0, 0.05) is 25.2 Å². The quantitative estimate of drug-likeness (QED) is 0.680. The first-order chi connectivity index (χ1) is 6.94. The van der Waals surface area contributed by atoms with Crippen LogP contribution in [0.5, 0.6) is 0 Å². The molecular formula is C11H19NO3. The maximum atomic E-state index is 10.7. The van der Waals surface area contributed by atoms with Crippen molar-refractivity contribution in [1.82, 2.24) is 4.90 Å². The van der Waals surface area contributed by atoms with E-state index in [0.29, 0.717) is 25.1 Å². The van der Waals surface area contributed by atoms with Gasteiger partial charge in [0.05, 0.1) is 5.60 Å². The van der Waals surface area contributed by atoms with E-state index < -0.39 is 11.6 Å². The minimum absolute atomic E-state index is 0.446. The summed E-state index contributed by atoms with van der Waals surface area (Å²) in [4.78, 5) is 12.8. The van der Waals surface area contributed by atoms with Gasteiger partial charge < -0.3 is 10.2 Å². The molecule has 1 aliphatic rings. The number of carbonyl (C=O) groups is 1. The molecule has 4 heteroatoms. The topological polar surface area (TPSA) is 60.8 Å². The molecule has 0 bridgehead atoms. The summed E-state index contributed by atoms with van der Waals surface area (Å²) >= 11 is 0. The third kappa shape index (κ3) is 3.64. The largest absolute Gasteiger partial charge is 0.478 e. The van der Waals surface area contributed by atoms with Crippen molar-refractivity contribution in [3.8, 4) is 0 Å². The molecule has 1 saturated heterocycles. The van der Waals surface area contributed by atoms with Gasteiger partial charge in [0.15, 0.2) is 0 Å². The number of rotatable bonds is 4. The number of β-amino-alcohol motifs (C(OH)–C–C–N with tert-alkyl or cyclic N) is 1. The summed E-state index contributed by atoms with van der Waals surface area (Å²) in [6.07, 6.45) is 3.04. The van der Waals surface area contributed by atoms with Crippen LogP contribution in [0, 0.1) is 0 Å². The molecule has 86 valence electrons. The van der Waals surface area contributed by atoms with Crippen LogP contribution in [0.4, 0.5) is 0 Å². The fraction of sp³-hybridized carbons (Fsp3) is 0.727. The van der Waals surface area contributed by atoms with Gasteiger partial charge in [-0.25, -0.2) is 4.79 Å². The molecule has 0 aliphatic carbocycles. The molecule has 0 aromatic rings. The van der Waals surface area contributed by atoms with Crippen LogP contribution in [0.2, 0.25) is 0 Å². The lowest BCUT2D eigenvalue weighted by Crippen LogP contribution is -2.29. The molecule has 1 fully saturated rings. The minimum atomic E-state index is -0.844. The molecular weight excluding hydrogens is 194 g/mol. The molecule has 2 N–H and O–H groups in total. The summed E-state index contributed by atoms with van der Waals surface area (Å²) in [5.41, 5.74) is -0.162. The number of carboxylic acids is 1. The molecule has 0 amide bonds. The van der Waals surface area contributed by atoms with Crippen LogP contribution in [0.3, 0.4) is 0 Å². The van der Waals surface area contributed by atoms with Gasteiger partial charge in [0.1, 0.15) is 0 Å². The third-order valence-corrected chi connectivity index (χ3v) is 2.78. The molecule has 4 nitrogen and oxygen atoms in total. The fourth-order valence-corrected chi connectivity index (χ4v) is 1.82. The lowest BCUT2D eigenvalue weighted by molar-refractivity contribution is -0.132. The fourth-order valence-electron chi connectivity index (χ4n) is 1.82. The van der Waals surface area contributed by atoms with E-state index in [9.17, 15) is 9.90 Å². The second-order valence-electron chi connectivity index (χ2n) is 4.37. The molecule has 0 aromatic heterocycles. The van der Waals surface area contributed by atoms with Crippen molar-refractivity contribution in [3.63, 3.8) is 0 Å². The predicted molar refractivity (Wildman–Crippen MR) is 57.7 cm³/mol. The highest BCUT2D eigenvalue weighted by atomic mass is 16.4. The SMILES string of the molecule is CCC(=CCN1CCC(C)(O)C1)C(=O)O. The predicted octanol–water partition coefficient (Wildman–Crippen LogP) is 0.864. The van der Waals surface area contributed by atoms with E-state index in [4.69, 9.17) is 5.11 Å². The Morgan fingerprint density at radius 2 is 2.27 bits per heavy atom. The normalized spacial score (nSPS) is 28.3. The monoisotopic (exact) mass is 213 g/mol. The zero-order chi connectivity index (χ0) is 11.5. The van der Waals surface area contributed by atoms with Crippen molar-refractivity contribution in [2.75, 3.05) is 19.6 Å². The molecule has 15 heavy (non-hydrogen) atoms. The summed E-state index contributed by atoms with van der Waals surface area (Å²) in [6.45, 7) is 5.72. The van der Waals surface area contributed by atoms with E-state index in [1.807, 2.05) is 13.8 Å². The average Bonchev–Trinajstić information content (AvgIpc) is 2.46. The van der Waals surface area contributed by atoms with Crippen molar-refractivity contribution in [2.45, 2.75) is 32.3 Å². The number of hydrogen-bond donors (Lipinski definition) is 2. The number of aliphatic carboxylic acids is 1. The Hall–Kier alpha value is -0.870. The Morgan fingerprint density at radius 1 is 1.60 bits per heavy atom. The highest BCUT2D eigenvalue weighted by molar-refractivity contribution is 5.86. The summed E-state index contributed by atoms with van der Waals surface area (Å²) in [5, 5.41) is 18.5. The second kappa shape index (κ2) is 4.77. The van der Waals surface area contributed by atoms with Crippen LogP contribution < -0.4 is 0 Å². The number of hydrogen-bond acceptors (Lipinski definition) is 3. The Bertz CT molecular complexity index is 271. The van der Waals surface area contributed by atoms with Crippen molar-refractivity contribution >= 4 is 5.97 Å². The maximum Gasteiger partial charge on any atom is 0.331 e. The Kier molecular flexibility index (Phi) is 3.88. The summed E-state index contributed by atoms with van der Waals surface area (Å²) in [5.74, 6) is -0.844. The summed E-state index contributed by atoms with van der Waals surface area (Å²) in [6, 6.07) is 0.